The number of allylic oxidation sites excluding steroid dienone is 1. The van der Waals surface area contributed by atoms with Crippen LogP contribution in [-0.4, -0.2) is 5.67 Å². The Kier molecular flexibility index (Phi) is 7.07. The van der Waals surface area contributed by atoms with Crippen LogP contribution in [0.15, 0.2) is 36.5 Å². The monoisotopic (exact) mass is 333 g/mol. The molecule has 2 unspecified atom stereocenters. The first-order valence-electron chi connectivity index (χ1n) is 9.10. The van der Waals surface area contributed by atoms with E-state index in [1.165, 1.54) is 11.1 Å². The summed E-state index contributed by atoms with van der Waals surface area (Å²) in [6.45, 7) is 18.7. The minimum atomic E-state index is -1.11. The Bertz CT molecular complexity index is 534. The molecule has 0 amide bonds. The van der Waals surface area contributed by atoms with E-state index in [9.17, 15) is 4.39 Å². The molecule has 136 valence electrons. The van der Waals surface area contributed by atoms with E-state index in [0.717, 1.165) is 18.5 Å². The van der Waals surface area contributed by atoms with Crippen LogP contribution in [0, 0.1) is 11.3 Å². The molecule has 0 spiro atoms. The highest BCUT2D eigenvalue weighted by atomic mass is 19.1. The summed E-state index contributed by atoms with van der Waals surface area (Å²) in [4.78, 5) is 0. The van der Waals surface area contributed by atoms with E-state index in [0.29, 0.717) is 12.3 Å². The lowest BCUT2D eigenvalue weighted by molar-refractivity contribution is 0.202. The van der Waals surface area contributed by atoms with Crippen LogP contribution in [0.5, 0.6) is 0 Å². The highest BCUT2D eigenvalue weighted by Crippen LogP contribution is 2.30. The van der Waals surface area contributed by atoms with Crippen molar-refractivity contribution in [1.29, 1.82) is 0 Å². The molecule has 1 aromatic carbocycles. The number of hydrogen-bond donors (Lipinski definition) is 1. The third kappa shape index (κ3) is 7.51. The molecule has 1 rings (SSSR count). The smallest absolute Gasteiger partial charge is 0.105 e. The third-order valence-corrected chi connectivity index (χ3v) is 4.91. The van der Waals surface area contributed by atoms with Crippen molar-refractivity contribution >= 4 is 0 Å². The normalized spacial score (nSPS) is 15.0. The Balaban J connectivity index is 2.64. The first kappa shape index (κ1) is 20.7. The molecule has 24 heavy (non-hydrogen) atoms. The van der Waals surface area contributed by atoms with Crippen molar-refractivity contribution in [2.75, 3.05) is 0 Å². The molecule has 0 fully saturated rings. The van der Waals surface area contributed by atoms with E-state index < -0.39 is 5.67 Å². The molecule has 0 aliphatic rings. The molecule has 0 bridgehead atoms. The van der Waals surface area contributed by atoms with E-state index in [2.05, 4.69) is 70.8 Å². The topological polar surface area (TPSA) is 12.0 Å². The van der Waals surface area contributed by atoms with Gasteiger partial charge in [0, 0.05) is 11.7 Å². The van der Waals surface area contributed by atoms with Gasteiger partial charge in [0.2, 0.25) is 0 Å². The fourth-order valence-corrected chi connectivity index (χ4v) is 2.58. The van der Waals surface area contributed by atoms with E-state index in [1.807, 2.05) is 0 Å². The maximum absolute atomic E-state index is 13.7. The molecule has 0 radical (unpaired) electrons. The molecule has 0 aliphatic heterocycles. The Hall–Kier alpha value is -1.31. The van der Waals surface area contributed by atoms with Crippen molar-refractivity contribution in [2.24, 2.45) is 11.3 Å². The van der Waals surface area contributed by atoms with Crippen molar-refractivity contribution in [2.45, 2.75) is 79.4 Å². The van der Waals surface area contributed by atoms with Crippen molar-refractivity contribution in [3.05, 3.63) is 47.7 Å². The summed E-state index contributed by atoms with van der Waals surface area (Å²) >= 11 is 0. The Morgan fingerprint density at radius 1 is 1.17 bits per heavy atom. The first-order valence-corrected chi connectivity index (χ1v) is 9.10. The zero-order chi connectivity index (χ0) is 18.5. The standard InChI is InChI=1S/C22H36FN/c1-16(21(4,5)6)14-17(2)24-18(3)20-11-9-10-19(15-20)12-13-22(7,8)23/h9-11,15-16,18,24H,2,12-14H2,1,3-8H3. The number of halogens is 1. The maximum atomic E-state index is 13.7. The molecule has 0 aliphatic carbocycles. The lowest BCUT2D eigenvalue weighted by Gasteiger charge is -2.29. The zero-order valence-corrected chi connectivity index (χ0v) is 16.7. The minimum absolute atomic E-state index is 0.211. The van der Waals surface area contributed by atoms with Crippen molar-refractivity contribution in [3.8, 4) is 0 Å². The third-order valence-electron chi connectivity index (χ3n) is 4.91. The lowest BCUT2D eigenvalue weighted by atomic mass is 9.79. The van der Waals surface area contributed by atoms with Gasteiger partial charge in [0.05, 0.1) is 0 Å². The van der Waals surface area contributed by atoms with E-state index >= 15 is 0 Å². The van der Waals surface area contributed by atoms with Crippen LogP contribution in [0.2, 0.25) is 0 Å². The average molecular weight is 334 g/mol. The summed E-state index contributed by atoms with van der Waals surface area (Å²) in [7, 11) is 0. The predicted octanol–water partition coefficient (Wildman–Crippen LogP) is 6.60. The second-order valence-corrected chi connectivity index (χ2v) is 8.90. The van der Waals surface area contributed by atoms with Crippen LogP contribution >= 0.6 is 0 Å². The molecule has 0 saturated heterocycles. The average Bonchev–Trinajstić information content (AvgIpc) is 2.43. The highest BCUT2D eigenvalue weighted by Gasteiger charge is 2.21. The largest absolute Gasteiger partial charge is 0.382 e. The lowest BCUT2D eigenvalue weighted by Crippen LogP contribution is -2.23. The van der Waals surface area contributed by atoms with Crippen LogP contribution in [0.25, 0.3) is 0 Å². The van der Waals surface area contributed by atoms with Crippen molar-refractivity contribution < 1.29 is 4.39 Å². The van der Waals surface area contributed by atoms with Crippen molar-refractivity contribution in [3.63, 3.8) is 0 Å². The summed E-state index contributed by atoms with van der Waals surface area (Å²) in [5.41, 5.74) is 2.68. The Morgan fingerprint density at radius 3 is 2.33 bits per heavy atom. The summed E-state index contributed by atoms with van der Waals surface area (Å²) in [5, 5.41) is 3.53. The van der Waals surface area contributed by atoms with Gasteiger partial charge in [-0.05, 0) is 62.5 Å². The minimum Gasteiger partial charge on any atom is -0.382 e. The van der Waals surface area contributed by atoms with Gasteiger partial charge in [-0.15, -0.1) is 0 Å². The van der Waals surface area contributed by atoms with Crippen LogP contribution < -0.4 is 5.32 Å². The van der Waals surface area contributed by atoms with Crippen LogP contribution in [0.1, 0.15) is 78.5 Å². The number of rotatable bonds is 8. The van der Waals surface area contributed by atoms with Gasteiger partial charge in [-0.2, -0.15) is 0 Å². The zero-order valence-electron chi connectivity index (χ0n) is 16.7. The van der Waals surface area contributed by atoms with Gasteiger partial charge in [0.1, 0.15) is 5.67 Å². The summed E-state index contributed by atoms with van der Waals surface area (Å²) < 4.78 is 13.7. The molecule has 1 N–H and O–H groups in total. The predicted molar refractivity (Wildman–Crippen MR) is 104 cm³/mol. The molecular weight excluding hydrogens is 297 g/mol. The van der Waals surface area contributed by atoms with E-state index in [1.54, 1.807) is 13.8 Å². The number of aryl methyl sites for hydroxylation is 1. The molecular formula is C22H36FN. The van der Waals surface area contributed by atoms with Crippen LogP contribution in [-0.2, 0) is 6.42 Å². The number of benzene rings is 1. The molecule has 1 nitrogen and oxygen atoms in total. The molecule has 0 heterocycles. The fourth-order valence-electron chi connectivity index (χ4n) is 2.58. The van der Waals surface area contributed by atoms with Gasteiger partial charge in [0.15, 0.2) is 0 Å². The maximum Gasteiger partial charge on any atom is 0.105 e. The summed E-state index contributed by atoms with van der Waals surface area (Å²) in [5.74, 6) is 0.572. The Labute approximate surface area is 148 Å². The fraction of sp³-hybridized carbons (Fsp3) is 0.636. The van der Waals surface area contributed by atoms with Crippen LogP contribution in [0.4, 0.5) is 4.39 Å². The molecule has 0 saturated carbocycles. The van der Waals surface area contributed by atoms with Gasteiger partial charge >= 0.3 is 0 Å². The SMILES string of the molecule is C=C(CC(C)C(C)(C)C)NC(C)c1cccc(CCC(C)(C)F)c1. The van der Waals surface area contributed by atoms with Gasteiger partial charge in [-0.3, -0.25) is 0 Å². The number of alkyl halides is 1. The molecule has 2 heteroatoms. The number of nitrogens with one attached hydrogen (secondary N) is 1. The van der Waals surface area contributed by atoms with Gasteiger partial charge in [0.25, 0.3) is 0 Å². The second kappa shape index (κ2) is 8.18. The second-order valence-electron chi connectivity index (χ2n) is 8.90. The number of hydrogen-bond acceptors (Lipinski definition) is 1. The van der Waals surface area contributed by atoms with Gasteiger partial charge in [-0.25, -0.2) is 4.39 Å². The first-order chi connectivity index (χ1) is 10.9. The molecule has 1 aromatic rings. The van der Waals surface area contributed by atoms with Gasteiger partial charge < -0.3 is 5.32 Å². The highest BCUT2D eigenvalue weighted by molar-refractivity contribution is 5.26. The van der Waals surface area contributed by atoms with E-state index in [-0.39, 0.29) is 11.5 Å². The summed E-state index contributed by atoms with van der Waals surface area (Å²) in [6, 6.07) is 8.67. The quantitative estimate of drug-likeness (QED) is 0.565. The van der Waals surface area contributed by atoms with Gasteiger partial charge in [-0.1, -0.05) is 58.5 Å². The van der Waals surface area contributed by atoms with Crippen LogP contribution in [0.3, 0.4) is 0 Å². The molecule has 2 atom stereocenters. The van der Waals surface area contributed by atoms with Crippen molar-refractivity contribution in [1.82, 2.24) is 5.32 Å². The van der Waals surface area contributed by atoms with E-state index in [4.69, 9.17) is 0 Å². The summed E-state index contributed by atoms with van der Waals surface area (Å²) in [6.07, 6.45) is 2.30. The molecule has 0 aromatic heterocycles. The Morgan fingerprint density at radius 2 is 1.79 bits per heavy atom.